The van der Waals surface area contributed by atoms with E-state index in [0.717, 1.165) is 0 Å². The Morgan fingerprint density at radius 3 is 2.30 bits per heavy atom. The lowest BCUT2D eigenvalue weighted by atomic mass is 9.92. The number of aliphatic carboxylic acids is 1. The fraction of sp³-hybridized carbons (Fsp3) is 0.833. The van der Waals surface area contributed by atoms with Crippen LogP contribution in [0.15, 0.2) is 0 Å². The predicted molar refractivity (Wildman–Crippen MR) is 38.5 cm³/mol. The van der Waals surface area contributed by atoms with Crippen molar-refractivity contribution in [1.82, 2.24) is 0 Å². The van der Waals surface area contributed by atoms with Gasteiger partial charge in [-0.3, -0.25) is 4.79 Å². The van der Waals surface area contributed by atoms with Crippen molar-refractivity contribution < 1.29 is 9.90 Å². The number of hydrogen-bond donors (Lipinski definition) is 3. The summed E-state index contributed by atoms with van der Waals surface area (Å²) in [4.78, 5) is 10.2. The molecule has 0 aliphatic rings. The number of carboxylic acid groups (broad SMARTS) is 1. The topological polar surface area (TPSA) is 89.3 Å². The second kappa shape index (κ2) is 2.98. The van der Waals surface area contributed by atoms with Crippen molar-refractivity contribution in [3.05, 3.63) is 0 Å². The maximum atomic E-state index is 10.2. The zero-order valence-corrected chi connectivity index (χ0v) is 6.29. The van der Waals surface area contributed by atoms with Crippen LogP contribution in [0.1, 0.15) is 20.3 Å². The summed E-state index contributed by atoms with van der Waals surface area (Å²) in [6.07, 6.45) is -0.0926. The highest BCUT2D eigenvalue weighted by atomic mass is 16.4. The summed E-state index contributed by atoms with van der Waals surface area (Å²) in [7, 11) is 0. The zero-order valence-electron chi connectivity index (χ0n) is 6.29. The van der Waals surface area contributed by atoms with Crippen LogP contribution in [0.2, 0.25) is 0 Å². The van der Waals surface area contributed by atoms with Gasteiger partial charge in [-0.1, -0.05) is 0 Å². The molecule has 0 spiro atoms. The number of nitrogens with two attached hydrogens (primary N) is 2. The second-order valence-electron chi connectivity index (χ2n) is 2.87. The molecule has 4 nitrogen and oxygen atoms in total. The maximum absolute atomic E-state index is 10.2. The summed E-state index contributed by atoms with van der Waals surface area (Å²) < 4.78 is 0. The molecule has 0 aromatic rings. The zero-order chi connectivity index (χ0) is 8.36. The van der Waals surface area contributed by atoms with Crippen LogP contribution in [0.4, 0.5) is 0 Å². The Hall–Kier alpha value is -0.610. The van der Waals surface area contributed by atoms with Crippen LogP contribution >= 0.6 is 0 Å². The van der Waals surface area contributed by atoms with Crippen LogP contribution in [0, 0.1) is 0 Å². The van der Waals surface area contributed by atoms with E-state index in [2.05, 4.69) is 0 Å². The molecular formula is C6H14N2O2. The second-order valence-corrected chi connectivity index (χ2v) is 2.87. The highest BCUT2D eigenvalue weighted by Gasteiger charge is 2.26. The SMILES string of the molecule is CC(N)C(C)(N)CC(=O)O. The van der Waals surface area contributed by atoms with Gasteiger partial charge in [0.15, 0.2) is 0 Å². The van der Waals surface area contributed by atoms with Gasteiger partial charge in [-0.15, -0.1) is 0 Å². The molecule has 0 saturated carbocycles. The molecule has 0 heterocycles. The molecule has 0 radical (unpaired) electrons. The van der Waals surface area contributed by atoms with E-state index >= 15 is 0 Å². The van der Waals surface area contributed by atoms with Crippen molar-refractivity contribution in [3.63, 3.8) is 0 Å². The molecule has 5 N–H and O–H groups in total. The van der Waals surface area contributed by atoms with Crippen LogP contribution in [0.3, 0.4) is 0 Å². The number of hydrogen-bond acceptors (Lipinski definition) is 3. The first kappa shape index (κ1) is 9.39. The van der Waals surface area contributed by atoms with Crippen molar-refractivity contribution >= 4 is 5.97 Å². The molecule has 0 aromatic heterocycles. The molecule has 0 fully saturated rings. The van der Waals surface area contributed by atoms with E-state index in [1.54, 1.807) is 13.8 Å². The third-order valence-electron chi connectivity index (χ3n) is 1.57. The molecule has 2 atom stereocenters. The van der Waals surface area contributed by atoms with E-state index in [1.165, 1.54) is 0 Å². The van der Waals surface area contributed by atoms with Gasteiger partial charge in [0.1, 0.15) is 0 Å². The maximum Gasteiger partial charge on any atom is 0.305 e. The molecule has 0 amide bonds. The minimum atomic E-state index is -0.915. The van der Waals surface area contributed by atoms with Gasteiger partial charge >= 0.3 is 5.97 Å². The Balaban J connectivity index is 3.99. The van der Waals surface area contributed by atoms with E-state index in [1.807, 2.05) is 0 Å². The summed E-state index contributed by atoms with van der Waals surface area (Å²) in [5.41, 5.74) is 10.2. The van der Waals surface area contributed by atoms with Crippen molar-refractivity contribution in [1.29, 1.82) is 0 Å². The van der Waals surface area contributed by atoms with Gasteiger partial charge in [-0.25, -0.2) is 0 Å². The molecule has 60 valence electrons. The lowest BCUT2D eigenvalue weighted by molar-refractivity contribution is -0.138. The van der Waals surface area contributed by atoms with Gasteiger partial charge in [-0.05, 0) is 13.8 Å². The van der Waals surface area contributed by atoms with Crippen LogP contribution in [0.25, 0.3) is 0 Å². The van der Waals surface area contributed by atoms with E-state index in [9.17, 15) is 4.79 Å². The Labute approximate surface area is 60.2 Å². The Kier molecular flexibility index (Phi) is 2.80. The minimum absolute atomic E-state index is 0.0926. The standard InChI is InChI=1S/C6H14N2O2/c1-4(7)6(2,8)3-5(9)10/h4H,3,7-8H2,1-2H3,(H,9,10). The predicted octanol–water partition coefficient (Wildman–Crippen LogP) is -0.474. The number of carbonyl (C=O) groups is 1. The van der Waals surface area contributed by atoms with Crippen molar-refractivity contribution in [3.8, 4) is 0 Å². The highest BCUT2D eigenvalue weighted by Crippen LogP contribution is 2.08. The van der Waals surface area contributed by atoms with Crippen molar-refractivity contribution in [2.45, 2.75) is 31.8 Å². The Morgan fingerprint density at radius 2 is 2.20 bits per heavy atom. The monoisotopic (exact) mass is 146 g/mol. The first-order valence-corrected chi connectivity index (χ1v) is 3.12. The van der Waals surface area contributed by atoms with Crippen LogP contribution in [0.5, 0.6) is 0 Å². The highest BCUT2D eigenvalue weighted by molar-refractivity contribution is 5.68. The molecule has 0 aliphatic heterocycles. The first-order valence-electron chi connectivity index (χ1n) is 3.12. The fourth-order valence-corrected chi connectivity index (χ4v) is 0.487. The lowest BCUT2D eigenvalue weighted by Crippen LogP contribution is -2.52. The third-order valence-corrected chi connectivity index (χ3v) is 1.57. The van der Waals surface area contributed by atoms with Gasteiger partial charge in [0, 0.05) is 11.6 Å². The van der Waals surface area contributed by atoms with Gasteiger partial charge in [0.05, 0.1) is 6.42 Å². The Bertz CT molecular complexity index is 132. The smallest absolute Gasteiger partial charge is 0.305 e. The van der Waals surface area contributed by atoms with E-state index in [4.69, 9.17) is 16.6 Å². The molecule has 0 bridgehead atoms. The molecule has 0 rings (SSSR count). The van der Waals surface area contributed by atoms with Crippen LogP contribution in [-0.4, -0.2) is 22.7 Å². The molecule has 2 unspecified atom stereocenters. The summed E-state index contributed by atoms with van der Waals surface area (Å²) >= 11 is 0. The lowest BCUT2D eigenvalue weighted by Gasteiger charge is -2.26. The molecule has 0 saturated heterocycles. The molecule has 10 heavy (non-hydrogen) atoms. The summed E-state index contributed by atoms with van der Waals surface area (Å²) in [6, 6.07) is -0.302. The van der Waals surface area contributed by atoms with Crippen LogP contribution < -0.4 is 11.5 Å². The third kappa shape index (κ3) is 2.80. The molecule has 4 heteroatoms. The quantitative estimate of drug-likeness (QED) is 0.502. The summed E-state index contributed by atoms with van der Waals surface area (Å²) in [5, 5.41) is 8.36. The number of rotatable bonds is 3. The average molecular weight is 146 g/mol. The summed E-state index contributed by atoms with van der Waals surface area (Å²) in [6.45, 7) is 3.33. The average Bonchev–Trinajstić information content (AvgIpc) is 1.60. The molecule has 0 aliphatic carbocycles. The van der Waals surface area contributed by atoms with Gasteiger partial charge in [0.25, 0.3) is 0 Å². The normalized spacial score (nSPS) is 19.6. The van der Waals surface area contributed by atoms with E-state index in [0.29, 0.717) is 0 Å². The fourth-order valence-electron chi connectivity index (χ4n) is 0.487. The Morgan fingerprint density at radius 1 is 1.80 bits per heavy atom. The minimum Gasteiger partial charge on any atom is -0.481 e. The first-order chi connectivity index (χ1) is 4.36. The van der Waals surface area contributed by atoms with E-state index in [-0.39, 0.29) is 12.5 Å². The largest absolute Gasteiger partial charge is 0.481 e. The van der Waals surface area contributed by atoms with Gasteiger partial charge < -0.3 is 16.6 Å². The molecular weight excluding hydrogens is 132 g/mol. The van der Waals surface area contributed by atoms with Crippen molar-refractivity contribution in [2.75, 3.05) is 0 Å². The van der Waals surface area contributed by atoms with E-state index < -0.39 is 11.5 Å². The van der Waals surface area contributed by atoms with Gasteiger partial charge in [0.2, 0.25) is 0 Å². The number of carboxylic acids is 1. The summed E-state index contributed by atoms with van der Waals surface area (Å²) in [5.74, 6) is -0.915. The van der Waals surface area contributed by atoms with Crippen molar-refractivity contribution in [2.24, 2.45) is 11.5 Å². The van der Waals surface area contributed by atoms with Gasteiger partial charge in [-0.2, -0.15) is 0 Å². The molecule has 0 aromatic carbocycles. The van der Waals surface area contributed by atoms with Crippen LogP contribution in [-0.2, 0) is 4.79 Å².